The van der Waals surface area contributed by atoms with Gasteiger partial charge in [-0.05, 0) is 6.42 Å². The molecule has 1 aliphatic heterocycles. The van der Waals surface area contributed by atoms with E-state index in [9.17, 15) is 13.6 Å². The third kappa shape index (κ3) is 2.89. The standard InChI is InChI=1S/C10H17F2NO3/c1-3-8(9(14)15)13-6-10(11,12)4-7(13)5-16-2/h7-8H,3-6H2,1-2H3,(H,14,15)/t7-,8+/m0/s1. The lowest BCUT2D eigenvalue weighted by Crippen LogP contribution is -2.45. The summed E-state index contributed by atoms with van der Waals surface area (Å²) in [7, 11) is 1.43. The molecule has 94 valence electrons. The molecule has 0 spiro atoms. The molecule has 1 saturated heterocycles. The molecule has 0 unspecified atom stereocenters. The van der Waals surface area contributed by atoms with Crippen LogP contribution in [-0.4, -0.2) is 54.2 Å². The van der Waals surface area contributed by atoms with Crippen LogP contribution in [0.4, 0.5) is 8.78 Å². The van der Waals surface area contributed by atoms with Gasteiger partial charge in [0, 0.05) is 19.6 Å². The van der Waals surface area contributed by atoms with Crippen molar-refractivity contribution in [2.75, 3.05) is 20.3 Å². The van der Waals surface area contributed by atoms with Gasteiger partial charge >= 0.3 is 5.97 Å². The van der Waals surface area contributed by atoms with Crippen LogP contribution in [0.15, 0.2) is 0 Å². The Labute approximate surface area is 93.2 Å². The highest BCUT2D eigenvalue weighted by molar-refractivity contribution is 5.73. The van der Waals surface area contributed by atoms with Crippen molar-refractivity contribution in [3.05, 3.63) is 0 Å². The molecule has 0 aromatic rings. The Morgan fingerprint density at radius 1 is 1.69 bits per heavy atom. The Bertz CT molecular complexity index is 260. The molecule has 1 fully saturated rings. The van der Waals surface area contributed by atoms with Crippen molar-refractivity contribution in [3.8, 4) is 0 Å². The summed E-state index contributed by atoms with van der Waals surface area (Å²) in [5, 5.41) is 8.96. The van der Waals surface area contributed by atoms with E-state index in [2.05, 4.69) is 0 Å². The minimum Gasteiger partial charge on any atom is -0.480 e. The van der Waals surface area contributed by atoms with E-state index in [1.807, 2.05) is 0 Å². The maximum atomic E-state index is 13.2. The fourth-order valence-electron chi connectivity index (χ4n) is 2.19. The number of methoxy groups -OCH3 is 1. The second-order valence-electron chi connectivity index (χ2n) is 4.10. The topological polar surface area (TPSA) is 49.8 Å². The summed E-state index contributed by atoms with van der Waals surface area (Å²) in [6, 6.07) is -1.37. The number of nitrogens with zero attached hydrogens (tertiary/aromatic N) is 1. The SMILES string of the molecule is CC[C@H](C(=O)O)N1CC(F)(F)C[C@H]1COC. The number of carboxylic acid groups (broad SMARTS) is 1. The Morgan fingerprint density at radius 2 is 2.31 bits per heavy atom. The average Bonchev–Trinajstić information content (AvgIpc) is 2.43. The van der Waals surface area contributed by atoms with Crippen molar-refractivity contribution < 1.29 is 23.4 Å². The van der Waals surface area contributed by atoms with Gasteiger partial charge in [-0.25, -0.2) is 8.78 Å². The van der Waals surface area contributed by atoms with Crippen LogP contribution in [0.25, 0.3) is 0 Å². The number of alkyl halides is 2. The number of rotatable bonds is 5. The van der Waals surface area contributed by atoms with Gasteiger partial charge in [0.25, 0.3) is 5.92 Å². The number of likely N-dealkylation sites (tertiary alicyclic amines) is 1. The van der Waals surface area contributed by atoms with Crippen LogP contribution in [0.2, 0.25) is 0 Å². The zero-order valence-corrected chi connectivity index (χ0v) is 9.45. The van der Waals surface area contributed by atoms with Crippen molar-refractivity contribution in [2.45, 2.75) is 37.8 Å². The monoisotopic (exact) mass is 237 g/mol. The molecule has 1 heterocycles. The van der Waals surface area contributed by atoms with Gasteiger partial charge in [-0.1, -0.05) is 6.92 Å². The van der Waals surface area contributed by atoms with Gasteiger partial charge in [-0.2, -0.15) is 0 Å². The Hall–Kier alpha value is -0.750. The van der Waals surface area contributed by atoms with Crippen LogP contribution in [0.3, 0.4) is 0 Å². The number of carboxylic acids is 1. The summed E-state index contributed by atoms with van der Waals surface area (Å²) in [6.45, 7) is 1.32. The van der Waals surface area contributed by atoms with Crippen LogP contribution in [0.5, 0.6) is 0 Å². The molecular weight excluding hydrogens is 220 g/mol. The van der Waals surface area contributed by atoms with Crippen LogP contribution in [0, 0.1) is 0 Å². The molecule has 0 aliphatic carbocycles. The first-order chi connectivity index (χ1) is 7.41. The second-order valence-corrected chi connectivity index (χ2v) is 4.10. The molecule has 0 saturated carbocycles. The van der Waals surface area contributed by atoms with Crippen molar-refractivity contribution in [3.63, 3.8) is 0 Å². The predicted molar refractivity (Wildman–Crippen MR) is 53.6 cm³/mol. The average molecular weight is 237 g/mol. The highest BCUT2D eigenvalue weighted by Crippen LogP contribution is 2.34. The number of aliphatic carboxylic acids is 1. The van der Waals surface area contributed by atoms with Crippen LogP contribution in [-0.2, 0) is 9.53 Å². The van der Waals surface area contributed by atoms with Gasteiger partial charge in [-0.15, -0.1) is 0 Å². The summed E-state index contributed by atoms with van der Waals surface area (Å²) < 4.78 is 31.3. The van der Waals surface area contributed by atoms with E-state index >= 15 is 0 Å². The number of carbonyl (C=O) groups is 1. The number of hydrogen-bond donors (Lipinski definition) is 1. The van der Waals surface area contributed by atoms with E-state index in [0.29, 0.717) is 6.42 Å². The lowest BCUT2D eigenvalue weighted by atomic mass is 10.1. The maximum Gasteiger partial charge on any atom is 0.320 e. The molecule has 0 bridgehead atoms. The van der Waals surface area contributed by atoms with Crippen LogP contribution in [0.1, 0.15) is 19.8 Å². The number of ether oxygens (including phenoxy) is 1. The highest BCUT2D eigenvalue weighted by atomic mass is 19.3. The first kappa shape index (κ1) is 13.3. The maximum absolute atomic E-state index is 13.2. The molecule has 0 radical (unpaired) electrons. The third-order valence-corrected chi connectivity index (χ3v) is 2.85. The fraction of sp³-hybridized carbons (Fsp3) is 0.900. The highest BCUT2D eigenvalue weighted by Gasteiger charge is 2.48. The van der Waals surface area contributed by atoms with Crippen molar-refractivity contribution in [2.24, 2.45) is 0 Å². The zero-order valence-electron chi connectivity index (χ0n) is 9.45. The Kier molecular flexibility index (Phi) is 4.21. The number of hydrogen-bond acceptors (Lipinski definition) is 3. The van der Waals surface area contributed by atoms with E-state index in [1.54, 1.807) is 6.92 Å². The first-order valence-corrected chi connectivity index (χ1v) is 5.26. The largest absolute Gasteiger partial charge is 0.480 e. The van der Waals surface area contributed by atoms with Gasteiger partial charge < -0.3 is 9.84 Å². The summed E-state index contributed by atoms with van der Waals surface area (Å²) in [6.07, 6.45) is -0.0176. The van der Waals surface area contributed by atoms with Gasteiger partial charge in [0.15, 0.2) is 0 Å². The first-order valence-electron chi connectivity index (χ1n) is 5.26. The molecule has 0 aromatic carbocycles. The molecule has 2 atom stereocenters. The summed E-state index contributed by atoms with van der Waals surface area (Å²) in [4.78, 5) is 12.3. The Morgan fingerprint density at radius 3 is 2.75 bits per heavy atom. The van der Waals surface area contributed by atoms with E-state index in [0.717, 1.165) is 0 Å². The van der Waals surface area contributed by atoms with Gasteiger partial charge in [0.05, 0.1) is 13.2 Å². The van der Waals surface area contributed by atoms with E-state index in [4.69, 9.17) is 9.84 Å². The second kappa shape index (κ2) is 5.05. The molecule has 16 heavy (non-hydrogen) atoms. The lowest BCUT2D eigenvalue weighted by Gasteiger charge is -2.28. The third-order valence-electron chi connectivity index (χ3n) is 2.85. The summed E-state index contributed by atoms with van der Waals surface area (Å²) in [5.74, 6) is -3.87. The van der Waals surface area contributed by atoms with Gasteiger partial charge in [-0.3, -0.25) is 9.69 Å². The molecule has 0 amide bonds. The van der Waals surface area contributed by atoms with Crippen molar-refractivity contribution >= 4 is 5.97 Å². The van der Waals surface area contributed by atoms with Crippen LogP contribution >= 0.6 is 0 Å². The molecule has 0 aromatic heterocycles. The number of halogens is 2. The van der Waals surface area contributed by atoms with Gasteiger partial charge in [0.1, 0.15) is 6.04 Å². The van der Waals surface area contributed by atoms with Crippen molar-refractivity contribution in [1.82, 2.24) is 4.90 Å². The minimum absolute atomic E-state index is 0.138. The summed E-state index contributed by atoms with van der Waals surface area (Å²) in [5.41, 5.74) is 0. The minimum atomic E-state index is -2.81. The molecule has 1 aliphatic rings. The zero-order chi connectivity index (χ0) is 12.3. The fourth-order valence-corrected chi connectivity index (χ4v) is 2.19. The van der Waals surface area contributed by atoms with E-state index < -0.39 is 30.5 Å². The van der Waals surface area contributed by atoms with E-state index in [1.165, 1.54) is 12.0 Å². The molecule has 1 rings (SSSR count). The smallest absolute Gasteiger partial charge is 0.320 e. The Balaban J connectivity index is 2.79. The molecule has 1 N–H and O–H groups in total. The van der Waals surface area contributed by atoms with Crippen LogP contribution < -0.4 is 0 Å². The lowest BCUT2D eigenvalue weighted by molar-refractivity contribution is -0.144. The van der Waals surface area contributed by atoms with Crippen molar-refractivity contribution in [1.29, 1.82) is 0 Å². The normalized spacial score (nSPS) is 26.9. The summed E-state index contributed by atoms with van der Waals surface area (Å²) >= 11 is 0. The molecular formula is C10H17F2NO3. The molecule has 4 nitrogen and oxygen atoms in total. The quantitative estimate of drug-likeness (QED) is 0.780. The predicted octanol–water partition coefficient (Wildman–Crippen LogP) is 1.21. The van der Waals surface area contributed by atoms with E-state index in [-0.39, 0.29) is 13.0 Å². The van der Waals surface area contributed by atoms with Gasteiger partial charge in [0.2, 0.25) is 0 Å². The molecule has 6 heteroatoms.